The first-order chi connectivity index (χ1) is 20.1. The number of nitrogens with two attached hydrogens (primary N) is 1. The number of carbonyl (C=O) groups is 2. The number of rotatable bonds is 7. The van der Waals surface area contributed by atoms with Crippen molar-refractivity contribution in [2.75, 3.05) is 16.0 Å². The quantitative estimate of drug-likeness (QED) is 0.301. The Bertz CT molecular complexity index is 1680. The Kier molecular flexibility index (Phi) is 8.34. The Morgan fingerprint density at radius 2 is 1.95 bits per heavy atom. The van der Waals surface area contributed by atoms with E-state index in [2.05, 4.69) is 35.4 Å². The number of hydrogen-bond donors (Lipinski definition) is 2. The van der Waals surface area contributed by atoms with Crippen LogP contribution in [0.5, 0.6) is 0 Å². The zero-order valence-electron chi connectivity index (χ0n) is 24.0. The second kappa shape index (κ2) is 12.0. The molecule has 2 aliphatic rings. The minimum Gasteiger partial charge on any atom is -0.384 e. The summed E-state index contributed by atoms with van der Waals surface area (Å²) in [5.74, 6) is -0.314. The molecule has 0 saturated heterocycles. The number of nitrogens with zero attached hydrogens (tertiary/aromatic N) is 4. The number of thioether (sulfide) groups is 1. The van der Waals surface area contributed by atoms with E-state index in [1.165, 1.54) is 23.1 Å². The molecule has 1 aliphatic carbocycles. The summed E-state index contributed by atoms with van der Waals surface area (Å²) in [6, 6.07) is 17.8. The van der Waals surface area contributed by atoms with Gasteiger partial charge in [-0.15, -0.1) is 10.2 Å². The second-order valence-electron chi connectivity index (χ2n) is 11.3. The largest absolute Gasteiger partial charge is 0.384 e. The number of aromatic nitrogens is 2. The van der Waals surface area contributed by atoms with Gasteiger partial charge in [-0.2, -0.15) is 5.26 Å². The van der Waals surface area contributed by atoms with Crippen LogP contribution >= 0.6 is 23.1 Å². The van der Waals surface area contributed by atoms with E-state index >= 15 is 0 Å². The summed E-state index contributed by atoms with van der Waals surface area (Å²) in [6.45, 7) is 8.14. The molecule has 10 heteroatoms. The molecule has 0 bridgehead atoms. The molecule has 0 saturated carbocycles. The van der Waals surface area contributed by atoms with Gasteiger partial charge in [0, 0.05) is 29.3 Å². The van der Waals surface area contributed by atoms with Crippen LogP contribution < -0.4 is 16.0 Å². The summed E-state index contributed by atoms with van der Waals surface area (Å²) in [7, 11) is 0. The van der Waals surface area contributed by atoms with Crippen molar-refractivity contribution >= 4 is 51.7 Å². The maximum atomic E-state index is 13.6. The highest BCUT2D eigenvalue weighted by Crippen LogP contribution is 2.48. The number of ketones is 1. The Morgan fingerprint density at radius 1 is 1.19 bits per heavy atom. The molecule has 1 unspecified atom stereocenters. The van der Waals surface area contributed by atoms with Crippen LogP contribution in [0.4, 0.5) is 10.8 Å². The molecule has 214 valence electrons. The number of carbonyl (C=O) groups excluding carboxylic acids is 2. The van der Waals surface area contributed by atoms with E-state index in [0.29, 0.717) is 33.5 Å². The van der Waals surface area contributed by atoms with E-state index in [1.54, 1.807) is 4.90 Å². The summed E-state index contributed by atoms with van der Waals surface area (Å²) < 4.78 is 0.584. The van der Waals surface area contributed by atoms with E-state index in [9.17, 15) is 14.9 Å². The van der Waals surface area contributed by atoms with E-state index in [0.717, 1.165) is 28.1 Å². The monoisotopic (exact) mass is 596 g/mol. The van der Waals surface area contributed by atoms with Crippen LogP contribution in [0.1, 0.15) is 43.4 Å². The lowest BCUT2D eigenvalue weighted by Gasteiger charge is -2.41. The number of hydrogen-bond acceptors (Lipinski definition) is 9. The normalized spacial score (nSPS) is 18.3. The zero-order valence-corrected chi connectivity index (χ0v) is 25.6. The highest BCUT2D eigenvalue weighted by molar-refractivity contribution is 8.01. The van der Waals surface area contributed by atoms with Crippen molar-refractivity contribution in [3.63, 3.8) is 0 Å². The fourth-order valence-electron chi connectivity index (χ4n) is 5.23. The Labute approximate surface area is 254 Å². The first kappa shape index (κ1) is 29.3. The number of anilines is 2. The van der Waals surface area contributed by atoms with Crippen LogP contribution in [0, 0.1) is 36.5 Å². The summed E-state index contributed by atoms with van der Waals surface area (Å²) in [5.41, 5.74) is 12.0. The van der Waals surface area contributed by atoms with E-state index in [-0.39, 0.29) is 28.7 Å². The number of benzene rings is 2. The molecule has 0 spiro atoms. The van der Waals surface area contributed by atoms with Gasteiger partial charge >= 0.3 is 0 Å². The molecule has 1 atom stereocenters. The summed E-state index contributed by atoms with van der Waals surface area (Å²) in [6.07, 6.45) is 4.77. The molecule has 0 radical (unpaired) electrons. The van der Waals surface area contributed by atoms with Crippen LogP contribution in [0.25, 0.3) is 6.08 Å². The van der Waals surface area contributed by atoms with E-state index < -0.39 is 5.92 Å². The Morgan fingerprint density at radius 3 is 2.67 bits per heavy atom. The van der Waals surface area contributed by atoms with Crippen LogP contribution in [-0.4, -0.2) is 27.6 Å². The standard InChI is InChI=1S/C32H32N6O2S2/c1-19-10-12-22(14-20(19)2)35-27(40)18-41-31-37-36-30(42-31)38-25-15-32(3,4)16-26(39)28(25)23(24(17-33)29(38)34)13-11-21-8-6-5-7-9-21/h5-14,23H,15-16,18,34H2,1-4H3,(H,35,40)/b13-11+. The van der Waals surface area contributed by atoms with Crippen molar-refractivity contribution < 1.29 is 9.59 Å². The number of allylic oxidation sites excluding steroid dienone is 4. The third-order valence-corrected chi connectivity index (χ3v) is 9.45. The third-order valence-electron chi connectivity index (χ3n) is 7.41. The smallest absolute Gasteiger partial charge is 0.234 e. The van der Waals surface area contributed by atoms with Crippen molar-refractivity contribution in [3.05, 3.63) is 94.0 Å². The summed E-state index contributed by atoms with van der Waals surface area (Å²) in [4.78, 5) is 27.9. The maximum Gasteiger partial charge on any atom is 0.234 e. The molecule has 42 heavy (non-hydrogen) atoms. The minimum atomic E-state index is -0.555. The molecule has 3 N–H and O–H groups in total. The number of nitrogens with one attached hydrogen (secondary N) is 1. The molecule has 5 rings (SSSR count). The van der Waals surface area contributed by atoms with Crippen molar-refractivity contribution in [3.8, 4) is 6.07 Å². The van der Waals surface area contributed by atoms with Gasteiger partial charge in [-0.05, 0) is 54.5 Å². The SMILES string of the molecule is Cc1ccc(NC(=O)CSc2nnc(N3C(N)=C(C#N)C(/C=C/c4ccccc4)C4=C3CC(C)(C)CC4=O)s2)cc1C. The van der Waals surface area contributed by atoms with Crippen LogP contribution in [-0.2, 0) is 9.59 Å². The topological polar surface area (TPSA) is 125 Å². The molecule has 1 aliphatic heterocycles. The summed E-state index contributed by atoms with van der Waals surface area (Å²) in [5, 5.41) is 22.3. The van der Waals surface area contributed by atoms with Crippen molar-refractivity contribution in [1.29, 1.82) is 5.26 Å². The predicted molar refractivity (Wildman–Crippen MR) is 168 cm³/mol. The highest BCUT2D eigenvalue weighted by atomic mass is 32.2. The molecular formula is C32H32N6O2S2. The first-order valence-corrected chi connectivity index (χ1v) is 15.4. The predicted octanol–water partition coefficient (Wildman–Crippen LogP) is 6.37. The lowest BCUT2D eigenvalue weighted by atomic mass is 9.70. The number of amides is 1. The van der Waals surface area contributed by atoms with Gasteiger partial charge in [-0.1, -0.05) is 85.5 Å². The highest BCUT2D eigenvalue weighted by Gasteiger charge is 2.44. The fraction of sp³-hybridized carbons (Fsp3) is 0.281. The average Bonchev–Trinajstić information content (AvgIpc) is 3.41. The zero-order chi connectivity index (χ0) is 30.0. The molecule has 3 aromatic rings. The Hall–Kier alpha value is -4.20. The molecule has 2 aromatic carbocycles. The number of nitriles is 1. The van der Waals surface area contributed by atoms with Crippen molar-refractivity contribution in [1.82, 2.24) is 10.2 Å². The van der Waals surface area contributed by atoms with Gasteiger partial charge in [0.15, 0.2) is 10.1 Å². The van der Waals surface area contributed by atoms with Crippen LogP contribution in [0.3, 0.4) is 0 Å². The molecule has 1 amide bonds. The average molecular weight is 597 g/mol. The lowest BCUT2D eigenvalue weighted by molar-refractivity contribution is -0.118. The first-order valence-electron chi connectivity index (χ1n) is 13.6. The lowest BCUT2D eigenvalue weighted by Crippen LogP contribution is -2.42. The summed E-state index contributed by atoms with van der Waals surface area (Å²) >= 11 is 2.55. The second-order valence-corrected chi connectivity index (χ2v) is 13.5. The number of aryl methyl sites for hydroxylation is 2. The van der Waals surface area contributed by atoms with Gasteiger partial charge in [0.25, 0.3) is 0 Å². The number of Topliss-reactive ketones (excluding diaryl/α,β-unsaturated/α-hetero) is 1. The Balaban J connectivity index is 1.42. The van der Waals surface area contributed by atoms with Gasteiger partial charge in [-0.25, -0.2) is 0 Å². The van der Waals surface area contributed by atoms with Crippen LogP contribution in [0.15, 0.2) is 81.6 Å². The van der Waals surface area contributed by atoms with Crippen molar-refractivity contribution in [2.45, 2.75) is 44.9 Å². The molecule has 1 aromatic heterocycles. The van der Waals surface area contributed by atoms with Gasteiger partial charge in [-0.3, -0.25) is 14.5 Å². The van der Waals surface area contributed by atoms with Gasteiger partial charge in [0.2, 0.25) is 11.0 Å². The van der Waals surface area contributed by atoms with Crippen molar-refractivity contribution in [2.24, 2.45) is 17.1 Å². The molecule has 0 fully saturated rings. The molecule has 2 heterocycles. The van der Waals surface area contributed by atoms with Crippen LogP contribution in [0.2, 0.25) is 0 Å². The van der Waals surface area contributed by atoms with E-state index in [4.69, 9.17) is 5.73 Å². The van der Waals surface area contributed by atoms with Gasteiger partial charge < -0.3 is 11.1 Å². The minimum absolute atomic E-state index is 0.00339. The maximum absolute atomic E-state index is 13.6. The van der Waals surface area contributed by atoms with Gasteiger partial charge in [0.1, 0.15) is 5.82 Å². The molecule has 8 nitrogen and oxygen atoms in total. The molecular weight excluding hydrogens is 565 g/mol. The van der Waals surface area contributed by atoms with E-state index in [1.807, 2.05) is 74.5 Å². The fourth-order valence-corrected chi connectivity index (χ4v) is 6.91. The third kappa shape index (κ3) is 6.17. The van der Waals surface area contributed by atoms with Gasteiger partial charge in [0.05, 0.1) is 17.4 Å².